The number of carbonyl (C=O) groups is 1. The molecule has 1 aliphatic carbocycles. The first-order valence-electron chi connectivity index (χ1n) is 13.7. The van der Waals surface area contributed by atoms with Crippen molar-refractivity contribution in [3.05, 3.63) is 35.4 Å². The Morgan fingerprint density at radius 1 is 1.08 bits per heavy atom. The average Bonchev–Trinajstić information content (AvgIpc) is 3.52. The molecule has 1 N–H and O–H groups in total. The number of nitrogens with zero attached hydrogens (tertiary/aromatic N) is 6. The number of aromatic nitrogens is 6. The van der Waals surface area contributed by atoms with Gasteiger partial charge in [0.25, 0.3) is 0 Å². The number of hydrogen-bond acceptors (Lipinski definition) is 8. The molecule has 1 saturated carbocycles. The molecule has 39 heavy (non-hydrogen) atoms. The van der Waals surface area contributed by atoms with Gasteiger partial charge in [-0.25, -0.2) is 9.97 Å². The first kappa shape index (κ1) is 27.2. The predicted molar refractivity (Wildman–Crippen MR) is 152 cm³/mol. The molecule has 208 valence electrons. The molecule has 0 radical (unpaired) electrons. The minimum Gasteiger partial charge on any atom is -0.493 e. The number of carbonyl (C=O) groups excluding carboxylic acids is 1. The van der Waals surface area contributed by atoms with Crippen LogP contribution in [0, 0.1) is 13.8 Å². The number of amides is 1. The first-order chi connectivity index (χ1) is 18.9. The Morgan fingerprint density at radius 3 is 2.49 bits per heavy atom. The van der Waals surface area contributed by atoms with E-state index in [9.17, 15) is 4.79 Å². The van der Waals surface area contributed by atoms with Crippen LogP contribution < -0.4 is 14.8 Å². The summed E-state index contributed by atoms with van der Waals surface area (Å²) in [7, 11) is 3.22. The molecular formula is C28H37N7O3S. The van der Waals surface area contributed by atoms with Crippen LogP contribution in [0.1, 0.15) is 62.7 Å². The van der Waals surface area contributed by atoms with Crippen molar-refractivity contribution in [2.24, 2.45) is 0 Å². The molecule has 1 amide bonds. The number of benzene rings is 1. The molecule has 0 unspecified atom stereocenters. The molecule has 11 heteroatoms. The summed E-state index contributed by atoms with van der Waals surface area (Å²) in [6.07, 6.45) is 6.99. The number of nitrogens with one attached hydrogen (secondary N) is 1. The SMILES string of the molecule is CC[C@@H](Sc1nc2cc(OC)c(OC)cc2c2nc(CCn3nc(C)cc3C)nn12)C(=O)NC1CCCCC1. The summed E-state index contributed by atoms with van der Waals surface area (Å²) < 4.78 is 14.8. The maximum absolute atomic E-state index is 13.3. The smallest absolute Gasteiger partial charge is 0.233 e. The second-order valence-corrected chi connectivity index (χ2v) is 11.3. The lowest BCUT2D eigenvalue weighted by molar-refractivity contribution is -0.121. The highest BCUT2D eigenvalue weighted by atomic mass is 32.2. The molecule has 1 aromatic carbocycles. The van der Waals surface area contributed by atoms with E-state index >= 15 is 0 Å². The van der Waals surface area contributed by atoms with Gasteiger partial charge in [0.1, 0.15) is 0 Å². The highest BCUT2D eigenvalue weighted by molar-refractivity contribution is 8.00. The Labute approximate surface area is 232 Å². The summed E-state index contributed by atoms with van der Waals surface area (Å²) in [5.41, 5.74) is 3.48. The van der Waals surface area contributed by atoms with E-state index in [1.54, 1.807) is 18.7 Å². The number of aryl methyl sites for hydroxylation is 4. The molecular weight excluding hydrogens is 514 g/mol. The van der Waals surface area contributed by atoms with Gasteiger partial charge >= 0.3 is 0 Å². The summed E-state index contributed by atoms with van der Waals surface area (Å²) >= 11 is 1.43. The van der Waals surface area contributed by atoms with Crippen LogP contribution in [-0.2, 0) is 17.8 Å². The quantitative estimate of drug-likeness (QED) is 0.224. The lowest BCUT2D eigenvalue weighted by Gasteiger charge is -2.25. The maximum Gasteiger partial charge on any atom is 0.233 e. The van der Waals surface area contributed by atoms with Gasteiger partial charge in [-0.3, -0.25) is 9.48 Å². The Morgan fingerprint density at radius 2 is 1.82 bits per heavy atom. The van der Waals surface area contributed by atoms with E-state index in [-0.39, 0.29) is 17.2 Å². The monoisotopic (exact) mass is 551 g/mol. The molecule has 4 aromatic rings. The Balaban J connectivity index is 1.51. The second-order valence-electron chi connectivity index (χ2n) is 10.1. The van der Waals surface area contributed by atoms with Gasteiger partial charge < -0.3 is 14.8 Å². The minimum absolute atomic E-state index is 0.0571. The summed E-state index contributed by atoms with van der Waals surface area (Å²) in [4.78, 5) is 23.1. The maximum atomic E-state index is 13.3. The Kier molecular flexibility index (Phi) is 8.25. The van der Waals surface area contributed by atoms with Gasteiger partial charge in [0, 0.05) is 36.2 Å². The van der Waals surface area contributed by atoms with Crippen LogP contribution in [0.5, 0.6) is 11.5 Å². The number of ether oxygens (including phenoxy) is 2. The van der Waals surface area contributed by atoms with Gasteiger partial charge in [-0.15, -0.1) is 5.10 Å². The zero-order valence-electron chi connectivity index (χ0n) is 23.4. The highest BCUT2D eigenvalue weighted by Crippen LogP contribution is 2.35. The number of methoxy groups -OCH3 is 2. The van der Waals surface area contributed by atoms with Crippen molar-refractivity contribution in [1.29, 1.82) is 0 Å². The summed E-state index contributed by atoms with van der Waals surface area (Å²) in [5.74, 6) is 1.93. The topological polar surface area (TPSA) is 108 Å². The zero-order chi connectivity index (χ0) is 27.5. The van der Waals surface area contributed by atoms with Crippen LogP contribution in [0.4, 0.5) is 0 Å². The van der Waals surface area contributed by atoms with Crippen LogP contribution in [0.25, 0.3) is 16.6 Å². The lowest BCUT2D eigenvalue weighted by Crippen LogP contribution is -2.41. The Bertz CT molecular complexity index is 1480. The van der Waals surface area contributed by atoms with E-state index in [1.807, 2.05) is 37.6 Å². The predicted octanol–water partition coefficient (Wildman–Crippen LogP) is 4.67. The fourth-order valence-electron chi connectivity index (χ4n) is 5.23. The molecule has 0 bridgehead atoms. The molecule has 5 rings (SSSR count). The largest absolute Gasteiger partial charge is 0.493 e. The van der Waals surface area contributed by atoms with Crippen molar-refractivity contribution >= 4 is 34.2 Å². The number of fused-ring (bicyclic) bond motifs is 3. The summed E-state index contributed by atoms with van der Waals surface area (Å²) in [5, 5.41) is 13.8. The summed E-state index contributed by atoms with van der Waals surface area (Å²) in [6.45, 7) is 6.74. The zero-order valence-corrected chi connectivity index (χ0v) is 24.2. The van der Waals surface area contributed by atoms with Gasteiger partial charge in [0.2, 0.25) is 5.91 Å². The lowest BCUT2D eigenvalue weighted by atomic mass is 9.95. The third-order valence-corrected chi connectivity index (χ3v) is 8.61. The van der Waals surface area contributed by atoms with Crippen LogP contribution in [0.3, 0.4) is 0 Å². The van der Waals surface area contributed by atoms with E-state index in [4.69, 9.17) is 24.5 Å². The van der Waals surface area contributed by atoms with Gasteiger partial charge in [0.15, 0.2) is 28.1 Å². The fraction of sp³-hybridized carbons (Fsp3) is 0.536. The van der Waals surface area contributed by atoms with E-state index in [1.165, 1.54) is 31.0 Å². The van der Waals surface area contributed by atoms with E-state index in [0.717, 1.165) is 29.6 Å². The second kappa shape index (κ2) is 11.8. The van der Waals surface area contributed by atoms with E-state index in [0.29, 0.717) is 53.0 Å². The molecule has 3 heterocycles. The van der Waals surface area contributed by atoms with Crippen molar-refractivity contribution in [1.82, 2.24) is 34.7 Å². The normalized spacial score (nSPS) is 15.1. The van der Waals surface area contributed by atoms with Gasteiger partial charge in [0.05, 0.1) is 30.7 Å². The molecule has 0 spiro atoms. The van der Waals surface area contributed by atoms with E-state index < -0.39 is 0 Å². The van der Waals surface area contributed by atoms with Crippen molar-refractivity contribution < 1.29 is 14.3 Å². The van der Waals surface area contributed by atoms with Crippen LogP contribution in [-0.4, -0.2) is 60.8 Å². The molecule has 10 nitrogen and oxygen atoms in total. The van der Waals surface area contributed by atoms with Crippen LogP contribution in [0.2, 0.25) is 0 Å². The van der Waals surface area contributed by atoms with Gasteiger partial charge in [-0.2, -0.15) is 9.61 Å². The summed E-state index contributed by atoms with van der Waals surface area (Å²) in [6, 6.07) is 6.06. The fourth-order valence-corrected chi connectivity index (χ4v) is 6.21. The minimum atomic E-state index is -0.289. The van der Waals surface area contributed by atoms with Crippen LogP contribution in [0.15, 0.2) is 23.4 Å². The van der Waals surface area contributed by atoms with Crippen molar-refractivity contribution in [2.75, 3.05) is 14.2 Å². The molecule has 0 aliphatic heterocycles. The third kappa shape index (κ3) is 5.83. The third-order valence-electron chi connectivity index (χ3n) is 7.30. The molecule has 1 aliphatic rings. The highest BCUT2D eigenvalue weighted by Gasteiger charge is 2.25. The van der Waals surface area contributed by atoms with E-state index in [2.05, 4.69) is 16.5 Å². The Hall–Kier alpha value is -3.34. The first-order valence-corrected chi connectivity index (χ1v) is 14.6. The number of rotatable bonds is 10. The molecule has 0 saturated heterocycles. The van der Waals surface area contributed by atoms with Crippen molar-refractivity contribution in [3.8, 4) is 11.5 Å². The number of hydrogen-bond donors (Lipinski definition) is 1. The van der Waals surface area contributed by atoms with Gasteiger partial charge in [-0.1, -0.05) is 37.9 Å². The van der Waals surface area contributed by atoms with Crippen molar-refractivity contribution in [2.45, 2.75) is 88.7 Å². The van der Waals surface area contributed by atoms with Gasteiger partial charge in [-0.05, 0) is 45.2 Å². The molecule has 1 fully saturated rings. The molecule has 1 atom stereocenters. The van der Waals surface area contributed by atoms with Crippen molar-refractivity contribution in [3.63, 3.8) is 0 Å². The average molecular weight is 552 g/mol. The number of thioether (sulfide) groups is 1. The standard InChI is InChI=1S/C28H37N7O3S/c1-6-24(27(36)29-19-10-8-7-9-11-19)39-28-30-21-16-23(38-5)22(37-4)15-20(21)26-31-25(33-35(26)28)12-13-34-18(3)14-17(2)32-34/h14-16,19,24H,6-13H2,1-5H3,(H,29,36)/t24-/m1/s1. The van der Waals surface area contributed by atoms with Crippen LogP contribution >= 0.6 is 11.8 Å². The molecule has 3 aromatic heterocycles.